The Bertz CT molecular complexity index is 1720. The maximum Gasteiger partial charge on any atom is 2.00 e. The van der Waals surface area contributed by atoms with Crippen molar-refractivity contribution in [2.45, 2.75) is 19.3 Å². The molecule has 0 aliphatic rings. The summed E-state index contributed by atoms with van der Waals surface area (Å²) >= 11 is 0. The molecule has 0 saturated carbocycles. The average Bonchev–Trinajstić information content (AvgIpc) is 3.50. The molecule has 4 heterocycles. The minimum atomic E-state index is -0.953. The Labute approximate surface area is 220 Å². The van der Waals surface area contributed by atoms with E-state index in [0.29, 0.717) is 22.7 Å². The normalized spacial score (nSPS) is 11.7. The number of para-hydroxylation sites is 1. The van der Waals surface area contributed by atoms with Gasteiger partial charge in [-0.1, -0.05) is 47.3 Å². The summed E-state index contributed by atoms with van der Waals surface area (Å²) in [6.45, 7) is 3.97. The first kappa shape index (κ1) is 24.0. The van der Waals surface area contributed by atoms with Crippen molar-refractivity contribution >= 4 is 21.9 Å². The van der Waals surface area contributed by atoms with Gasteiger partial charge in [0, 0.05) is 22.9 Å². The fourth-order valence-corrected chi connectivity index (χ4v) is 4.23. The number of benzene rings is 2. The Balaban J connectivity index is 0.00000267. The monoisotopic (exact) mass is 659 g/mol. The van der Waals surface area contributed by atoms with E-state index in [9.17, 15) is 8.78 Å². The largest absolute Gasteiger partial charge is 2.00 e. The molecule has 6 rings (SSSR count). The summed E-state index contributed by atoms with van der Waals surface area (Å²) in [7, 11) is 0. The van der Waals surface area contributed by atoms with Gasteiger partial charge in [-0.3, -0.25) is 9.67 Å². The number of halogens is 2. The second kappa shape index (κ2) is 9.06. The maximum absolute atomic E-state index is 14.2. The van der Waals surface area contributed by atoms with Gasteiger partial charge in [0.1, 0.15) is 17.5 Å². The fraction of sp³-hybridized carbons (Fsp3) is 0.107. The van der Waals surface area contributed by atoms with Crippen LogP contribution in [-0.2, 0) is 26.5 Å². The predicted octanol–water partition coefficient (Wildman–Crippen LogP) is 6.43. The Morgan fingerprint density at radius 2 is 1.72 bits per heavy atom. The van der Waals surface area contributed by atoms with Gasteiger partial charge in [-0.15, -0.1) is 6.07 Å². The SMILES string of the molecule is CC(C)(c1cccc(-c2[c-]cc(F)nc2F)n1)c1ccn(-c2[c-]ccc3c2oc2ccccc23)n1.[Pt+2]. The molecule has 0 aliphatic carbocycles. The van der Waals surface area contributed by atoms with Crippen LogP contribution in [0.3, 0.4) is 0 Å². The second-order valence-electron chi connectivity index (χ2n) is 8.73. The van der Waals surface area contributed by atoms with Crippen molar-refractivity contribution in [3.63, 3.8) is 0 Å². The van der Waals surface area contributed by atoms with Crippen LogP contribution in [0.25, 0.3) is 38.9 Å². The van der Waals surface area contributed by atoms with Crippen molar-refractivity contribution < 1.29 is 34.3 Å². The van der Waals surface area contributed by atoms with E-state index in [0.717, 1.165) is 28.1 Å². The summed E-state index contributed by atoms with van der Waals surface area (Å²) in [5, 5.41) is 6.85. The molecule has 2 aromatic carbocycles. The van der Waals surface area contributed by atoms with Crippen LogP contribution < -0.4 is 0 Å². The standard InChI is InChI=1S/C28H18F2N4O.Pt/c1-28(2,23-12-6-9-20(31-23)19-13-14-25(29)32-27(19)30)24-15-16-34(33-24)21-10-5-8-18-17-7-3-4-11-22(17)35-26(18)21;/h3-9,11-12,14-16H,1-2H3;/q-2;+2. The van der Waals surface area contributed by atoms with E-state index < -0.39 is 17.3 Å². The van der Waals surface area contributed by atoms with Gasteiger partial charge in [-0.2, -0.15) is 23.3 Å². The summed E-state index contributed by atoms with van der Waals surface area (Å²) in [5.74, 6) is -1.88. The van der Waals surface area contributed by atoms with Crippen molar-refractivity contribution in [1.82, 2.24) is 19.7 Å². The first-order valence-electron chi connectivity index (χ1n) is 11.0. The van der Waals surface area contributed by atoms with Crippen LogP contribution in [0.4, 0.5) is 8.78 Å². The Kier molecular flexibility index (Phi) is 6.05. The molecule has 0 amide bonds. The maximum atomic E-state index is 14.2. The fourth-order valence-electron chi connectivity index (χ4n) is 4.23. The van der Waals surface area contributed by atoms with Gasteiger partial charge in [0.05, 0.1) is 11.1 Å². The van der Waals surface area contributed by atoms with E-state index in [1.54, 1.807) is 16.8 Å². The average molecular weight is 660 g/mol. The molecule has 4 aromatic heterocycles. The van der Waals surface area contributed by atoms with Crippen molar-refractivity contribution in [2.24, 2.45) is 0 Å². The number of hydrogen-bond acceptors (Lipinski definition) is 4. The summed E-state index contributed by atoms with van der Waals surface area (Å²) in [4.78, 5) is 7.88. The van der Waals surface area contributed by atoms with Gasteiger partial charge in [0.15, 0.2) is 0 Å². The van der Waals surface area contributed by atoms with Gasteiger partial charge in [0.25, 0.3) is 0 Å². The summed E-state index contributed by atoms with van der Waals surface area (Å²) in [6, 6.07) is 25.7. The molecule has 0 saturated heterocycles. The number of furan rings is 1. The third-order valence-corrected chi connectivity index (χ3v) is 6.17. The van der Waals surface area contributed by atoms with Crippen molar-refractivity contribution in [1.29, 1.82) is 0 Å². The minimum Gasteiger partial charge on any atom is -0.513 e. The van der Waals surface area contributed by atoms with Crippen LogP contribution in [0.15, 0.2) is 77.3 Å². The molecule has 0 atom stereocenters. The van der Waals surface area contributed by atoms with Crippen LogP contribution in [0.2, 0.25) is 0 Å². The number of pyridine rings is 2. The van der Waals surface area contributed by atoms with Crippen LogP contribution in [0.5, 0.6) is 0 Å². The molecule has 0 N–H and O–H groups in total. The van der Waals surface area contributed by atoms with Crippen molar-refractivity contribution in [2.75, 3.05) is 0 Å². The Morgan fingerprint density at radius 1 is 0.889 bits per heavy atom. The third kappa shape index (κ3) is 3.93. The quantitative estimate of drug-likeness (QED) is 0.162. The van der Waals surface area contributed by atoms with E-state index in [4.69, 9.17) is 9.52 Å². The zero-order valence-electron chi connectivity index (χ0n) is 19.2. The number of fused-ring (bicyclic) bond motifs is 3. The molecular formula is C28H18F2N4OPt. The van der Waals surface area contributed by atoms with E-state index in [1.165, 1.54) is 0 Å². The molecule has 0 aliphatic heterocycles. The number of nitrogens with zero attached hydrogens (tertiary/aromatic N) is 4. The molecule has 36 heavy (non-hydrogen) atoms. The summed E-state index contributed by atoms with van der Waals surface area (Å²) in [5.41, 5.74) is 3.35. The van der Waals surface area contributed by atoms with Gasteiger partial charge in [-0.05, 0) is 43.4 Å². The molecule has 0 unspecified atom stereocenters. The molecule has 0 radical (unpaired) electrons. The Hall–Kier alpha value is -3.70. The van der Waals surface area contributed by atoms with Gasteiger partial charge in [-0.25, -0.2) is 8.78 Å². The molecule has 6 aromatic rings. The first-order valence-corrected chi connectivity index (χ1v) is 11.0. The minimum absolute atomic E-state index is 0. The zero-order chi connectivity index (χ0) is 24.2. The molecule has 5 nitrogen and oxygen atoms in total. The smallest absolute Gasteiger partial charge is 0.513 e. The molecule has 180 valence electrons. The molecule has 0 bridgehead atoms. The van der Waals surface area contributed by atoms with Crippen LogP contribution in [0.1, 0.15) is 25.2 Å². The van der Waals surface area contributed by atoms with Crippen LogP contribution >= 0.6 is 0 Å². The Morgan fingerprint density at radius 3 is 2.56 bits per heavy atom. The van der Waals surface area contributed by atoms with Crippen LogP contribution in [0, 0.1) is 24.0 Å². The van der Waals surface area contributed by atoms with Gasteiger partial charge >= 0.3 is 21.1 Å². The van der Waals surface area contributed by atoms with E-state index >= 15 is 0 Å². The van der Waals surface area contributed by atoms with Crippen molar-refractivity contribution in [3.8, 4) is 16.9 Å². The van der Waals surface area contributed by atoms with E-state index in [2.05, 4.69) is 22.1 Å². The van der Waals surface area contributed by atoms with Crippen molar-refractivity contribution in [3.05, 3.63) is 108 Å². The van der Waals surface area contributed by atoms with Crippen LogP contribution in [-0.4, -0.2) is 19.7 Å². The number of hydrogen-bond donors (Lipinski definition) is 0. The topological polar surface area (TPSA) is 56.7 Å². The molecule has 8 heteroatoms. The van der Waals surface area contributed by atoms with E-state index in [1.807, 2.05) is 68.6 Å². The second-order valence-corrected chi connectivity index (χ2v) is 8.73. The van der Waals surface area contributed by atoms with E-state index in [-0.39, 0.29) is 26.6 Å². The summed E-state index contributed by atoms with van der Waals surface area (Å²) < 4.78 is 35.3. The first-order chi connectivity index (χ1) is 16.9. The molecule has 0 spiro atoms. The molecule has 0 fully saturated rings. The number of aromatic nitrogens is 4. The van der Waals surface area contributed by atoms with Gasteiger partial charge < -0.3 is 9.40 Å². The predicted molar refractivity (Wildman–Crippen MR) is 128 cm³/mol. The number of rotatable bonds is 4. The zero-order valence-corrected chi connectivity index (χ0v) is 21.5. The van der Waals surface area contributed by atoms with Gasteiger partial charge in [0.2, 0.25) is 0 Å². The third-order valence-electron chi connectivity index (χ3n) is 6.17. The summed E-state index contributed by atoms with van der Waals surface area (Å²) in [6.07, 6.45) is 1.86. The molecular weight excluding hydrogens is 641 g/mol.